The zero-order chi connectivity index (χ0) is 23.7. The molecule has 0 aliphatic carbocycles. The summed E-state index contributed by atoms with van der Waals surface area (Å²) < 4.78 is 33.3. The van der Waals surface area contributed by atoms with Gasteiger partial charge in [0.1, 0.15) is 17.8 Å². The van der Waals surface area contributed by atoms with Gasteiger partial charge in [0.15, 0.2) is 0 Å². The molecule has 0 fully saturated rings. The molecule has 12 heteroatoms. The van der Waals surface area contributed by atoms with Gasteiger partial charge in [0.05, 0.1) is 19.3 Å². The van der Waals surface area contributed by atoms with Crippen molar-refractivity contribution in [3.8, 4) is 0 Å². The number of hydrogen-bond acceptors (Lipinski definition) is 10. The van der Waals surface area contributed by atoms with E-state index in [4.69, 9.17) is 24.2 Å². The van der Waals surface area contributed by atoms with Gasteiger partial charge in [-0.25, -0.2) is 13.6 Å². The minimum Gasteiger partial charge on any atom is -0.387 e. The van der Waals surface area contributed by atoms with Crippen molar-refractivity contribution in [1.82, 2.24) is 9.80 Å². The van der Waals surface area contributed by atoms with Crippen LogP contribution in [0.1, 0.15) is 16.5 Å². The van der Waals surface area contributed by atoms with Gasteiger partial charge in [0, 0.05) is 51.8 Å². The van der Waals surface area contributed by atoms with E-state index in [2.05, 4.69) is 4.90 Å². The normalized spacial score (nSPS) is 12.1. The molecular weight excluding hydrogens is 434 g/mol. The lowest BCUT2D eigenvalue weighted by molar-refractivity contribution is -0.0987. The van der Waals surface area contributed by atoms with Gasteiger partial charge in [-0.1, -0.05) is 0 Å². The van der Waals surface area contributed by atoms with Crippen LogP contribution >= 0.6 is 11.3 Å². The molecule has 0 aromatic carbocycles. The maximum Gasteiger partial charge on any atom is 0.247 e. The van der Waals surface area contributed by atoms with E-state index < -0.39 is 16.1 Å². The van der Waals surface area contributed by atoms with Crippen LogP contribution in [0.2, 0.25) is 0 Å². The molecule has 1 aromatic rings. The lowest BCUT2D eigenvalue weighted by atomic mass is 10.1. The van der Waals surface area contributed by atoms with Crippen molar-refractivity contribution in [3.63, 3.8) is 0 Å². The fourth-order valence-electron chi connectivity index (χ4n) is 2.51. The van der Waals surface area contributed by atoms with Crippen LogP contribution in [0.4, 0.5) is 0 Å². The number of rotatable bonds is 13. The molecule has 0 radical (unpaired) electrons. The molecular formula is C18H35N3O7S2. The first-order valence-corrected chi connectivity index (χ1v) is 11.3. The van der Waals surface area contributed by atoms with Gasteiger partial charge in [-0.2, -0.15) is 0 Å². The quantitative estimate of drug-likeness (QED) is 0.405. The largest absolute Gasteiger partial charge is 0.387 e. The van der Waals surface area contributed by atoms with Crippen LogP contribution in [0.25, 0.3) is 0 Å². The summed E-state index contributed by atoms with van der Waals surface area (Å²) in [6.07, 6.45) is -0.766. The molecule has 176 valence electrons. The van der Waals surface area contributed by atoms with Crippen LogP contribution in [0.15, 0.2) is 10.3 Å². The number of carbonyl (C=O) groups excluding carboxylic acids is 2. The van der Waals surface area contributed by atoms with Gasteiger partial charge in [0.2, 0.25) is 10.0 Å². The Labute approximate surface area is 183 Å². The van der Waals surface area contributed by atoms with Crippen LogP contribution in [0.5, 0.6) is 0 Å². The van der Waals surface area contributed by atoms with E-state index >= 15 is 0 Å². The van der Waals surface area contributed by atoms with Gasteiger partial charge in [-0.05, 0) is 25.6 Å². The molecule has 30 heavy (non-hydrogen) atoms. The second kappa shape index (κ2) is 17.4. The Morgan fingerprint density at radius 1 is 1.10 bits per heavy atom. The second-order valence-corrected chi connectivity index (χ2v) is 9.27. The molecule has 3 N–H and O–H groups in total. The molecule has 0 bridgehead atoms. The molecule has 1 heterocycles. The molecule has 1 atom stereocenters. The highest BCUT2D eigenvalue weighted by atomic mass is 32.2. The van der Waals surface area contributed by atoms with E-state index in [1.165, 1.54) is 6.07 Å². The van der Waals surface area contributed by atoms with Crippen LogP contribution in [0.3, 0.4) is 0 Å². The van der Waals surface area contributed by atoms with Crippen molar-refractivity contribution in [1.29, 1.82) is 0 Å². The van der Waals surface area contributed by atoms with Crippen LogP contribution in [-0.4, -0.2) is 104 Å². The highest BCUT2D eigenvalue weighted by Gasteiger charge is 2.20. The zero-order valence-electron chi connectivity index (χ0n) is 18.2. The average Bonchev–Trinajstić information content (AvgIpc) is 3.13. The summed E-state index contributed by atoms with van der Waals surface area (Å²) in [5.74, 6) is 0. The van der Waals surface area contributed by atoms with Crippen LogP contribution in [-0.2, 0) is 29.1 Å². The SMILES string of the molecule is C=O.C=O.COCCN(CCOC)CCN(C)CC(O)c1cc(S(N)(=O)=O)sc1C. The van der Waals surface area contributed by atoms with E-state index in [0.29, 0.717) is 25.3 Å². The number of aryl methyl sites for hydroxylation is 1. The monoisotopic (exact) mass is 469 g/mol. The Kier molecular flexibility index (Phi) is 18.0. The Morgan fingerprint density at radius 3 is 2.00 bits per heavy atom. The minimum atomic E-state index is -3.74. The standard InChI is InChI=1S/C16H31N3O5S2.2CH2O/c1-13-14(11-16(25-13)26(17,21)22)15(20)12-18(2)5-6-19(7-9-23-3)8-10-24-4;2*1-2/h11,15,20H,5-10,12H2,1-4H3,(H2,17,21,22);2*1H2. The van der Waals surface area contributed by atoms with Gasteiger partial charge in [-0.15, -0.1) is 11.3 Å². The van der Waals surface area contributed by atoms with Crippen LogP contribution < -0.4 is 5.14 Å². The number of ether oxygens (including phenoxy) is 2. The van der Waals surface area contributed by atoms with Crippen molar-refractivity contribution < 1.29 is 32.6 Å². The third-order valence-electron chi connectivity index (χ3n) is 4.08. The molecule has 10 nitrogen and oxygen atoms in total. The van der Waals surface area contributed by atoms with Crippen molar-refractivity contribution >= 4 is 34.9 Å². The highest BCUT2D eigenvalue weighted by Crippen LogP contribution is 2.29. The number of hydrogen-bond donors (Lipinski definition) is 2. The number of carbonyl (C=O) groups is 2. The summed E-state index contributed by atoms with van der Waals surface area (Å²) in [5, 5.41) is 15.6. The predicted octanol–water partition coefficient (Wildman–Crippen LogP) is -0.106. The predicted molar refractivity (Wildman–Crippen MR) is 117 cm³/mol. The Morgan fingerprint density at radius 2 is 1.60 bits per heavy atom. The zero-order valence-corrected chi connectivity index (χ0v) is 19.8. The van der Waals surface area contributed by atoms with Crippen LogP contribution in [0, 0.1) is 6.92 Å². The number of thiophene rings is 1. The first-order chi connectivity index (χ1) is 14.2. The Hall–Kier alpha value is -1.25. The first-order valence-electron chi connectivity index (χ1n) is 8.96. The summed E-state index contributed by atoms with van der Waals surface area (Å²) in [6.45, 7) is 10.7. The molecule has 0 saturated heterocycles. The van der Waals surface area contributed by atoms with Crippen molar-refractivity contribution in [2.75, 3.05) is 67.2 Å². The number of primary sulfonamides is 1. The fourth-order valence-corrected chi connectivity index (χ4v) is 4.44. The number of methoxy groups -OCH3 is 2. The van der Waals surface area contributed by atoms with E-state index in [0.717, 1.165) is 42.4 Å². The second-order valence-electron chi connectivity index (χ2n) is 6.23. The first kappa shape index (κ1) is 30.9. The molecule has 1 rings (SSSR count). The minimum absolute atomic E-state index is 0.0806. The number of nitrogens with two attached hydrogens (primary N) is 1. The topological polar surface area (TPSA) is 139 Å². The van der Waals surface area contributed by atoms with Gasteiger partial charge >= 0.3 is 0 Å². The average molecular weight is 470 g/mol. The lowest BCUT2D eigenvalue weighted by Gasteiger charge is -2.26. The molecule has 0 aliphatic heterocycles. The summed E-state index contributed by atoms with van der Waals surface area (Å²) in [6, 6.07) is 1.47. The smallest absolute Gasteiger partial charge is 0.247 e. The highest BCUT2D eigenvalue weighted by molar-refractivity contribution is 7.91. The molecule has 0 saturated carbocycles. The van der Waals surface area contributed by atoms with Crippen molar-refractivity contribution in [2.24, 2.45) is 5.14 Å². The number of likely N-dealkylation sites (N-methyl/N-ethyl adjacent to an activating group) is 1. The summed E-state index contributed by atoms with van der Waals surface area (Å²) >= 11 is 1.09. The van der Waals surface area contributed by atoms with Gasteiger partial charge in [-0.3, -0.25) is 4.90 Å². The van der Waals surface area contributed by atoms with E-state index in [-0.39, 0.29) is 4.21 Å². The number of aliphatic hydroxyl groups is 1. The van der Waals surface area contributed by atoms with Gasteiger partial charge in [0.25, 0.3) is 0 Å². The maximum absolute atomic E-state index is 11.5. The number of aliphatic hydroxyl groups excluding tert-OH is 1. The molecule has 0 spiro atoms. The summed E-state index contributed by atoms with van der Waals surface area (Å²) in [4.78, 5) is 21.0. The molecule has 1 unspecified atom stereocenters. The molecule has 0 amide bonds. The Balaban J connectivity index is 0. The van der Waals surface area contributed by atoms with Crippen molar-refractivity contribution in [3.05, 3.63) is 16.5 Å². The fraction of sp³-hybridized carbons (Fsp3) is 0.667. The molecule has 0 aliphatic rings. The Bertz CT molecular complexity index is 661. The maximum atomic E-state index is 11.5. The summed E-state index contributed by atoms with van der Waals surface area (Å²) in [5.41, 5.74) is 0.612. The lowest BCUT2D eigenvalue weighted by Crippen LogP contribution is -2.38. The number of sulfonamides is 1. The third-order valence-corrected chi connectivity index (χ3v) is 6.57. The third kappa shape index (κ3) is 12.4. The molecule has 1 aromatic heterocycles. The number of nitrogens with zero attached hydrogens (tertiary/aromatic N) is 2. The van der Waals surface area contributed by atoms with Crippen molar-refractivity contribution in [2.45, 2.75) is 17.2 Å². The van der Waals surface area contributed by atoms with E-state index in [1.54, 1.807) is 21.1 Å². The van der Waals surface area contributed by atoms with E-state index in [1.807, 2.05) is 25.5 Å². The van der Waals surface area contributed by atoms with Gasteiger partial charge < -0.3 is 29.1 Å². The van der Waals surface area contributed by atoms with E-state index in [9.17, 15) is 13.5 Å². The summed E-state index contributed by atoms with van der Waals surface area (Å²) in [7, 11) is 1.54.